The van der Waals surface area contributed by atoms with Crippen molar-refractivity contribution in [1.29, 1.82) is 0 Å². The third kappa shape index (κ3) is 4.15. The predicted molar refractivity (Wildman–Crippen MR) is 72.9 cm³/mol. The van der Waals surface area contributed by atoms with Gasteiger partial charge in [0.1, 0.15) is 0 Å². The van der Waals surface area contributed by atoms with E-state index in [-0.39, 0.29) is 12.5 Å². The van der Waals surface area contributed by atoms with E-state index in [2.05, 4.69) is 0 Å². The fraction of sp³-hybridized carbons (Fsp3) is 0.917. The zero-order valence-corrected chi connectivity index (χ0v) is 12.7. The van der Waals surface area contributed by atoms with Gasteiger partial charge in [0, 0.05) is 26.7 Å². The summed E-state index contributed by atoms with van der Waals surface area (Å²) in [6.45, 7) is 4.86. The third-order valence-electron chi connectivity index (χ3n) is 3.52. The van der Waals surface area contributed by atoms with Crippen LogP contribution in [0.15, 0.2) is 0 Å². The third-order valence-corrected chi connectivity index (χ3v) is 5.44. The van der Waals surface area contributed by atoms with Crippen molar-refractivity contribution in [3.05, 3.63) is 0 Å². The molecule has 7 heteroatoms. The Balaban J connectivity index is 2.79. The summed E-state index contributed by atoms with van der Waals surface area (Å²) in [4.78, 5) is 11.1. The van der Waals surface area contributed by atoms with Crippen LogP contribution in [0.2, 0.25) is 0 Å². The quantitative estimate of drug-likeness (QED) is 0.792. The largest absolute Gasteiger partial charge is 0.481 e. The second-order valence-electron chi connectivity index (χ2n) is 5.38. The van der Waals surface area contributed by atoms with Gasteiger partial charge in [0.2, 0.25) is 0 Å². The molecule has 0 aliphatic carbocycles. The standard InChI is InChI=1S/C12H24N2O4S/c1-4-5-6-13(3)19(17,18)14-8-10(2)7-11(9-14)12(15)16/h10-11H,4-9H2,1-3H3,(H,15,16). The van der Waals surface area contributed by atoms with Crippen LogP contribution in [0, 0.1) is 11.8 Å². The number of nitrogens with zero attached hydrogens (tertiary/aromatic N) is 2. The van der Waals surface area contributed by atoms with E-state index in [1.165, 1.54) is 8.61 Å². The fourth-order valence-corrected chi connectivity index (χ4v) is 3.93. The minimum Gasteiger partial charge on any atom is -0.481 e. The summed E-state index contributed by atoms with van der Waals surface area (Å²) >= 11 is 0. The van der Waals surface area contributed by atoms with Crippen molar-refractivity contribution in [2.24, 2.45) is 11.8 Å². The van der Waals surface area contributed by atoms with E-state index in [1.807, 2.05) is 13.8 Å². The SMILES string of the molecule is CCCCN(C)S(=O)(=O)N1CC(C)CC(C(=O)O)C1. The molecule has 0 saturated carbocycles. The van der Waals surface area contributed by atoms with Gasteiger partial charge in [0.05, 0.1) is 5.92 Å². The van der Waals surface area contributed by atoms with Gasteiger partial charge in [-0.05, 0) is 18.8 Å². The molecule has 2 unspecified atom stereocenters. The van der Waals surface area contributed by atoms with Gasteiger partial charge in [-0.15, -0.1) is 0 Å². The summed E-state index contributed by atoms with van der Waals surface area (Å²) in [5, 5.41) is 9.08. The predicted octanol–water partition coefficient (Wildman–Crippen LogP) is 1.01. The second-order valence-corrected chi connectivity index (χ2v) is 7.41. The fourth-order valence-electron chi connectivity index (χ4n) is 2.36. The Morgan fingerprint density at radius 3 is 2.58 bits per heavy atom. The van der Waals surface area contributed by atoms with E-state index < -0.39 is 22.1 Å². The molecule has 0 aromatic rings. The zero-order valence-electron chi connectivity index (χ0n) is 11.9. The van der Waals surface area contributed by atoms with Crippen molar-refractivity contribution < 1.29 is 18.3 Å². The monoisotopic (exact) mass is 292 g/mol. The summed E-state index contributed by atoms with van der Waals surface area (Å²) in [5.74, 6) is -1.44. The molecule has 0 radical (unpaired) electrons. The number of carboxylic acid groups (broad SMARTS) is 1. The van der Waals surface area contributed by atoms with Crippen molar-refractivity contribution in [1.82, 2.24) is 8.61 Å². The molecule has 6 nitrogen and oxygen atoms in total. The molecule has 1 fully saturated rings. The molecule has 1 aliphatic heterocycles. The smallest absolute Gasteiger partial charge is 0.307 e. The van der Waals surface area contributed by atoms with Gasteiger partial charge < -0.3 is 5.11 Å². The first-order valence-corrected chi connectivity index (χ1v) is 8.13. The van der Waals surface area contributed by atoms with Gasteiger partial charge in [-0.25, -0.2) is 0 Å². The van der Waals surface area contributed by atoms with Gasteiger partial charge in [0.25, 0.3) is 10.2 Å². The Hall–Kier alpha value is -0.660. The highest BCUT2D eigenvalue weighted by Crippen LogP contribution is 2.25. The van der Waals surface area contributed by atoms with Crippen molar-refractivity contribution in [3.63, 3.8) is 0 Å². The Labute approximate surface area is 115 Å². The number of rotatable bonds is 6. The number of aliphatic carboxylic acids is 1. The molecule has 1 aliphatic rings. The van der Waals surface area contributed by atoms with Crippen LogP contribution < -0.4 is 0 Å². The van der Waals surface area contributed by atoms with E-state index in [4.69, 9.17) is 5.11 Å². The molecule has 0 aromatic heterocycles. The molecule has 0 amide bonds. The van der Waals surface area contributed by atoms with Crippen LogP contribution in [0.4, 0.5) is 0 Å². The molecule has 1 saturated heterocycles. The Morgan fingerprint density at radius 2 is 2.05 bits per heavy atom. The van der Waals surface area contributed by atoms with Gasteiger partial charge in [0.15, 0.2) is 0 Å². The van der Waals surface area contributed by atoms with E-state index >= 15 is 0 Å². The van der Waals surface area contributed by atoms with Gasteiger partial charge in [-0.3, -0.25) is 4.79 Å². The molecule has 1 rings (SSSR count). The average Bonchev–Trinajstić information content (AvgIpc) is 2.34. The number of hydrogen-bond donors (Lipinski definition) is 1. The van der Waals surface area contributed by atoms with Crippen LogP contribution in [-0.2, 0) is 15.0 Å². The Bertz CT molecular complexity index is 410. The molecule has 1 N–H and O–H groups in total. The van der Waals surface area contributed by atoms with Crippen LogP contribution >= 0.6 is 0 Å². The molecular formula is C12H24N2O4S. The Morgan fingerprint density at radius 1 is 1.42 bits per heavy atom. The van der Waals surface area contributed by atoms with Crippen molar-refractivity contribution in [3.8, 4) is 0 Å². The topological polar surface area (TPSA) is 77.9 Å². The lowest BCUT2D eigenvalue weighted by Crippen LogP contribution is -2.50. The second kappa shape index (κ2) is 6.67. The lowest BCUT2D eigenvalue weighted by atomic mass is 9.92. The van der Waals surface area contributed by atoms with Gasteiger partial charge >= 0.3 is 5.97 Å². The summed E-state index contributed by atoms with van der Waals surface area (Å²) in [5.41, 5.74) is 0. The summed E-state index contributed by atoms with van der Waals surface area (Å²) in [7, 11) is -1.97. The van der Waals surface area contributed by atoms with Gasteiger partial charge in [-0.2, -0.15) is 17.0 Å². The molecule has 0 aromatic carbocycles. The van der Waals surface area contributed by atoms with Crippen LogP contribution in [0.25, 0.3) is 0 Å². The number of carboxylic acids is 1. The van der Waals surface area contributed by atoms with E-state index in [0.717, 1.165) is 12.8 Å². The summed E-state index contributed by atoms with van der Waals surface area (Å²) in [6.07, 6.45) is 2.27. The highest BCUT2D eigenvalue weighted by Gasteiger charge is 2.36. The Kier molecular flexibility index (Phi) is 5.76. The first-order chi connectivity index (χ1) is 8.78. The van der Waals surface area contributed by atoms with Crippen LogP contribution in [-0.4, -0.2) is 54.8 Å². The molecule has 19 heavy (non-hydrogen) atoms. The van der Waals surface area contributed by atoms with E-state index in [0.29, 0.717) is 19.5 Å². The normalized spacial score (nSPS) is 25.7. The number of unbranched alkanes of at least 4 members (excludes halogenated alkanes) is 1. The van der Waals surface area contributed by atoms with Crippen molar-refractivity contribution >= 4 is 16.2 Å². The lowest BCUT2D eigenvalue weighted by molar-refractivity contribution is -0.143. The highest BCUT2D eigenvalue weighted by atomic mass is 32.2. The highest BCUT2D eigenvalue weighted by molar-refractivity contribution is 7.86. The summed E-state index contributed by atoms with van der Waals surface area (Å²) in [6, 6.07) is 0. The first-order valence-electron chi connectivity index (χ1n) is 6.73. The molecule has 2 atom stereocenters. The maximum absolute atomic E-state index is 12.4. The van der Waals surface area contributed by atoms with Crippen LogP contribution in [0.5, 0.6) is 0 Å². The minimum absolute atomic E-state index is 0.0733. The maximum Gasteiger partial charge on any atom is 0.307 e. The van der Waals surface area contributed by atoms with Crippen molar-refractivity contribution in [2.45, 2.75) is 33.1 Å². The molecule has 0 bridgehead atoms. The number of piperidine rings is 1. The molecule has 112 valence electrons. The zero-order chi connectivity index (χ0) is 14.6. The molecule has 0 spiro atoms. The van der Waals surface area contributed by atoms with Crippen LogP contribution in [0.1, 0.15) is 33.1 Å². The van der Waals surface area contributed by atoms with Crippen LogP contribution in [0.3, 0.4) is 0 Å². The summed E-state index contributed by atoms with van der Waals surface area (Å²) < 4.78 is 27.4. The maximum atomic E-state index is 12.4. The van der Waals surface area contributed by atoms with E-state index in [9.17, 15) is 13.2 Å². The first kappa shape index (κ1) is 16.4. The number of carbonyl (C=O) groups is 1. The minimum atomic E-state index is -3.53. The van der Waals surface area contributed by atoms with E-state index in [1.54, 1.807) is 7.05 Å². The lowest BCUT2D eigenvalue weighted by Gasteiger charge is -2.35. The molecule has 1 heterocycles. The number of hydrogen-bond acceptors (Lipinski definition) is 3. The molecular weight excluding hydrogens is 268 g/mol. The average molecular weight is 292 g/mol. The van der Waals surface area contributed by atoms with Gasteiger partial charge in [-0.1, -0.05) is 20.3 Å². The van der Waals surface area contributed by atoms with Crippen molar-refractivity contribution in [2.75, 3.05) is 26.7 Å².